The topological polar surface area (TPSA) is 13.1 Å². The molecule has 0 bridgehead atoms. The van der Waals surface area contributed by atoms with E-state index in [-0.39, 0.29) is 21.9 Å². The first-order valence-electron chi connectivity index (χ1n) is 27.9. The molecule has 0 atom stereocenters. The Morgan fingerprint density at radius 1 is 0.388 bits per heavy atom. The van der Waals surface area contributed by atoms with E-state index in [2.05, 4.69) is 0 Å². The lowest BCUT2D eigenvalue weighted by Gasteiger charge is -2.19. The van der Waals surface area contributed by atoms with Gasteiger partial charge in [0.05, 0.1) is 35.6 Å². The molecule has 0 saturated heterocycles. The van der Waals surface area contributed by atoms with Crippen LogP contribution in [-0.4, -0.2) is 0 Å². The van der Waals surface area contributed by atoms with Gasteiger partial charge in [0.2, 0.25) is 0 Å². The monoisotopic (exact) mass is 650 g/mol. The molecular weight excluding hydrogens is 593 g/mol. The first-order chi connectivity index (χ1) is 35.0. The molecule has 0 fully saturated rings. The van der Waals surface area contributed by atoms with Gasteiger partial charge in [0.15, 0.2) is 0 Å². The molecule has 0 N–H and O–H groups in total. The molecule has 0 unspecified atom stereocenters. The highest BCUT2D eigenvalue weighted by Crippen LogP contribution is 2.48. The van der Waals surface area contributed by atoms with Gasteiger partial charge >= 0.3 is 0 Å². The molecule has 0 radical (unpaired) electrons. The van der Waals surface area contributed by atoms with Gasteiger partial charge in [0, 0.05) is 10.8 Å². The summed E-state index contributed by atoms with van der Waals surface area (Å²) in [5.41, 5.74) is -5.56. The maximum Gasteiger partial charge on any atom is 0.136 e. The quantitative estimate of drug-likeness (QED) is 0.173. The largest absolute Gasteiger partial charge is 0.456 e. The van der Waals surface area contributed by atoms with Crippen LogP contribution in [-0.2, 0) is 0 Å². The SMILES string of the molecule is [2H]c1c([2H])c(-c2c([2H])c([2H])c([2H])c3c([2H])c([2H])c([2H])c([2H])c23)c([2H])c(-c2c3c([2H])c([2H])c([2H])c([2H])c3c(-c3c([2H])c([2H])c([2H])c4oc5c([2H])c6c([2H])c([2H])c(C)c([2H])c6c([2H])c5c34)c3c([2H])c([2H])c(C)c([2H])c23)c1[2H]. The molecule has 1 heterocycles. The van der Waals surface area contributed by atoms with E-state index in [1.807, 2.05) is 0 Å². The summed E-state index contributed by atoms with van der Waals surface area (Å²) in [6.45, 7) is 2.61. The number of hydrogen-bond donors (Lipinski definition) is 0. The lowest BCUT2D eigenvalue weighted by molar-refractivity contribution is 0.669. The summed E-state index contributed by atoms with van der Waals surface area (Å²) in [7, 11) is 0. The first-order valence-corrected chi connectivity index (χ1v) is 14.9. The average Bonchev–Trinajstić information content (AvgIpc) is 3.78. The minimum absolute atomic E-state index is 0.0441. The van der Waals surface area contributed by atoms with Crippen LogP contribution in [0.15, 0.2) is 162 Å². The van der Waals surface area contributed by atoms with Crippen LogP contribution in [0.5, 0.6) is 0 Å². The van der Waals surface area contributed by atoms with Crippen LogP contribution in [0.1, 0.15) is 46.8 Å². The van der Waals surface area contributed by atoms with Gasteiger partial charge in [-0.1, -0.05) is 144 Å². The van der Waals surface area contributed by atoms with Crippen LogP contribution < -0.4 is 0 Å². The van der Waals surface area contributed by atoms with Crippen molar-refractivity contribution in [1.82, 2.24) is 0 Å². The molecule has 0 spiro atoms. The smallest absolute Gasteiger partial charge is 0.136 e. The summed E-state index contributed by atoms with van der Waals surface area (Å²) >= 11 is 0. The van der Waals surface area contributed by atoms with Crippen molar-refractivity contribution in [3.63, 3.8) is 0 Å². The molecule has 9 aromatic carbocycles. The van der Waals surface area contributed by atoms with Crippen LogP contribution >= 0.6 is 0 Å². The lowest BCUT2D eigenvalue weighted by atomic mass is 9.84. The van der Waals surface area contributed by atoms with E-state index in [1.165, 1.54) is 13.8 Å². The van der Waals surface area contributed by atoms with Crippen LogP contribution in [0.25, 0.3) is 98.4 Å². The van der Waals surface area contributed by atoms with E-state index >= 15 is 0 Å². The highest BCUT2D eigenvalue weighted by molar-refractivity contribution is 6.26. The Hall–Kier alpha value is -6.18. The van der Waals surface area contributed by atoms with Crippen molar-refractivity contribution in [3.05, 3.63) is 168 Å². The fourth-order valence-electron chi connectivity index (χ4n) is 6.20. The molecule has 1 aromatic heterocycles. The third kappa shape index (κ3) is 4.33. The Bertz CT molecular complexity index is 4350. The number of benzene rings is 9. The molecule has 10 rings (SSSR count). The van der Waals surface area contributed by atoms with Crippen molar-refractivity contribution >= 4 is 65.0 Å². The summed E-state index contributed by atoms with van der Waals surface area (Å²) in [6.07, 6.45) is 0. The molecule has 0 aliphatic rings. The summed E-state index contributed by atoms with van der Waals surface area (Å²) in [5.74, 6) is 0. The minimum Gasteiger partial charge on any atom is -0.456 e. The third-order valence-electron chi connectivity index (χ3n) is 8.26. The van der Waals surface area contributed by atoms with Crippen LogP contribution in [0.2, 0.25) is 0 Å². The van der Waals surface area contributed by atoms with Crippen molar-refractivity contribution < 1.29 is 40.1 Å². The highest BCUT2D eigenvalue weighted by Gasteiger charge is 2.21. The summed E-state index contributed by atoms with van der Waals surface area (Å²) in [4.78, 5) is 0. The van der Waals surface area contributed by atoms with Crippen LogP contribution in [0, 0.1) is 13.8 Å². The maximum atomic E-state index is 9.95. The van der Waals surface area contributed by atoms with Crippen molar-refractivity contribution in [2.24, 2.45) is 0 Å². The standard InChI is InChI=1S/C48H32O/c1-29-20-22-32-28-45-43(27-35(32)24-29)48-41(18-9-19-44(48)49-45)47-39-16-6-5-15-38(39)46(42-25-30(2)21-23-40(42)47)34-13-7-12-33(26-34)37-17-8-11-31-10-3-4-14-36(31)37/h3-28H,1-2H3/i3D,4D,5D,6D,7D,8D,9D,10D,11D,12D,13D,14D,15D,16D,17D,18D,19D,20D,21D,22D,23D,24D,25D,26D,27D,28D. The fourth-order valence-corrected chi connectivity index (χ4v) is 6.20. The van der Waals surface area contributed by atoms with E-state index < -0.39 is 245 Å². The van der Waals surface area contributed by atoms with Gasteiger partial charge in [-0.2, -0.15) is 0 Å². The van der Waals surface area contributed by atoms with Gasteiger partial charge in [0.1, 0.15) is 11.2 Å². The van der Waals surface area contributed by atoms with E-state index in [0.717, 1.165) is 0 Å². The van der Waals surface area contributed by atoms with Crippen molar-refractivity contribution in [3.8, 4) is 33.4 Å². The van der Waals surface area contributed by atoms with E-state index in [4.69, 9.17) is 25.0 Å². The second-order valence-electron chi connectivity index (χ2n) is 11.3. The summed E-state index contributed by atoms with van der Waals surface area (Å²) in [5, 5.41) is -5.23. The fraction of sp³-hybridized carbons (Fsp3) is 0.0417. The van der Waals surface area contributed by atoms with E-state index in [1.54, 1.807) is 0 Å². The molecular formula is C48H32O. The van der Waals surface area contributed by atoms with E-state index in [0.29, 0.717) is 0 Å². The van der Waals surface area contributed by atoms with Crippen molar-refractivity contribution in [1.29, 1.82) is 0 Å². The molecule has 0 aliphatic heterocycles. The molecule has 1 heteroatoms. The molecule has 10 aromatic rings. The van der Waals surface area contributed by atoms with Crippen LogP contribution in [0.4, 0.5) is 0 Å². The lowest BCUT2D eigenvalue weighted by Crippen LogP contribution is -1.92. The average molecular weight is 651 g/mol. The second-order valence-corrected chi connectivity index (χ2v) is 11.3. The van der Waals surface area contributed by atoms with Crippen molar-refractivity contribution in [2.75, 3.05) is 0 Å². The number of rotatable bonds is 3. The van der Waals surface area contributed by atoms with Gasteiger partial charge in [-0.3, -0.25) is 0 Å². The first kappa shape index (κ1) is 12.4. The molecule has 0 aliphatic carbocycles. The van der Waals surface area contributed by atoms with Gasteiger partial charge in [-0.15, -0.1) is 0 Å². The number of hydrogen-bond acceptors (Lipinski definition) is 1. The Morgan fingerprint density at radius 3 is 1.96 bits per heavy atom. The second kappa shape index (κ2) is 10.7. The molecule has 49 heavy (non-hydrogen) atoms. The van der Waals surface area contributed by atoms with Gasteiger partial charge in [0.25, 0.3) is 0 Å². The predicted molar refractivity (Wildman–Crippen MR) is 210 cm³/mol. The Labute approximate surface area is 321 Å². The summed E-state index contributed by atoms with van der Waals surface area (Å²) in [6, 6.07) is -21.3. The van der Waals surface area contributed by atoms with Crippen LogP contribution in [0.3, 0.4) is 0 Å². The van der Waals surface area contributed by atoms with Gasteiger partial charge in [-0.05, 0) is 114 Å². The Balaban J connectivity index is 1.54. The highest BCUT2D eigenvalue weighted by atomic mass is 16.3. The molecule has 0 amide bonds. The van der Waals surface area contributed by atoms with Gasteiger partial charge in [-0.25, -0.2) is 0 Å². The Morgan fingerprint density at radius 2 is 1.06 bits per heavy atom. The zero-order valence-corrected chi connectivity index (χ0v) is 25.4. The Kier molecular flexibility index (Phi) is 2.69. The molecule has 1 nitrogen and oxygen atoms in total. The summed E-state index contributed by atoms with van der Waals surface area (Å²) < 4.78 is 244. The third-order valence-corrected chi connectivity index (χ3v) is 8.26. The van der Waals surface area contributed by atoms with E-state index in [9.17, 15) is 15.1 Å². The zero-order chi connectivity index (χ0) is 55.3. The van der Waals surface area contributed by atoms with Crippen molar-refractivity contribution in [2.45, 2.75) is 13.8 Å². The normalized spacial score (nSPS) is 19.3. The predicted octanol–water partition coefficient (Wildman–Crippen LogP) is 13.8. The maximum absolute atomic E-state index is 9.95. The number of fused-ring (bicyclic) bond motifs is 7. The van der Waals surface area contributed by atoms with Gasteiger partial charge < -0.3 is 4.42 Å². The molecule has 0 saturated carbocycles. The minimum atomic E-state index is -1.03. The zero-order valence-electron chi connectivity index (χ0n) is 51.4. The molecule has 230 valence electrons. The number of furan rings is 1.